The van der Waals surface area contributed by atoms with Crippen molar-refractivity contribution < 1.29 is 9.53 Å². The highest BCUT2D eigenvalue weighted by Crippen LogP contribution is 2.13. The molecule has 2 heteroatoms. The second kappa shape index (κ2) is 5.08. The summed E-state index contributed by atoms with van der Waals surface area (Å²) in [5.74, 6) is 6.24. The van der Waals surface area contributed by atoms with E-state index in [1.54, 1.807) is 25.1 Å². The van der Waals surface area contributed by atoms with Gasteiger partial charge in [-0.25, -0.2) is 0 Å². The van der Waals surface area contributed by atoms with Gasteiger partial charge >= 0.3 is 0 Å². The number of carbonyl (C=O) groups excluding carboxylic acids is 1. The van der Waals surface area contributed by atoms with Crippen LogP contribution in [0.1, 0.15) is 24.2 Å². The summed E-state index contributed by atoms with van der Waals surface area (Å²) in [4.78, 5) is 11.0. The van der Waals surface area contributed by atoms with Crippen LogP contribution in [-0.2, 0) is 0 Å². The van der Waals surface area contributed by atoms with Crippen molar-refractivity contribution >= 4 is 5.78 Å². The second-order valence-corrected chi connectivity index (χ2v) is 2.80. The molecule has 2 nitrogen and oxygen atoms in total. The highest BCUT2D eigenvalue weighted by Gasteiger charge is 1.99. The molecule has 0 bridgehead atoms. The average molecular weight is 188 g/mol. The van der Waals surface area contributed by atoms with Crippen LogP contribution in [0.2, 0.25) is 0 Å². The molecule has 0 heterocycles. The largest absolute Gasteiger partial charge is 0.481 e. The molecule has 0 atom stereocenters. The predicted octanol–water partition coefficient (Wildman–Crippen LogP) is 2.29. The van der Waals surface area contributed by atoms with Crippen LogP contribution in [0.15, 0.2) is 24.3 Å². The second-order valence-electron chi connectivity index (χ2n) is 2.80. The Bertz CT molecular complexity index is 383. The quantitative estimate of drug-likeness (QED) is 0.537. The lowest BCUT2D eigenvalue weighted by Crippen LogP contribution is -1.96. The monoisotopic (exact) mass is 188 g/mol. The highest BCUT2D eigenvalue weighted by molar-refractivity contribution is 5.94. The first-order valence-electron chi connectivity index (χ1n) is 4.37. The molecule has 0 N–H and O–H groups in total. The minimum atomic E-state index is 0.0389. The minimum Gasteiger partial charge on any atom is -0.481 e. The molecular weight excluding hydrogens is 176 g/mol. The topological polar surface area (TPSA) is 26.3 Å². The van der Waals surface area contributed by atoms with Crippen LogP contribution < -0.4 is 4.74 Å². The van der Waals surface area contributed by atoms with Gasteiger partial charge in [0, 0.05) is 5.56 Å². The molecule has 1 rings (SSSR count). The number of benzene rings is 1. The normalized spacial score (nSPS) is 8.71. The molecule has 0 aliphatic rings. The molecule has 0 spiro atoms. The molecule has 0 radical (unpaired) electrons. The van der Waals surface area contributed by atoms with Crippen molar-refractivity contribution in [1.82, 2.24) is 0 Å². The first-order chi connectivity index (χ1) is 6.74. The smallest absolute Gasteiger partial charge is 0.159 e. The van der Waals surface area contributed by atoms with Gasteiger partial charge in [0.05, 0.1) is 0 Å². The number of hydrogen-bond acceptors (Lipinski definition) is 2. The van der Waals surface area contributed by atoms with Gasteiger partial charge < -0.3 is 4.74 Å². The van der Waals surface area contributed by atoms with Gasteiger partial charge in [-0.05, 0) is 26.0 Å². The van der Waals surface area contributed by atoms with E-state index in [-0.39, 0.29) is 5.78 Å². The summed E-state index contributed by atoms with van der Waals surface area (Å²) in [5.41, 5.74) is 0.659. The van der Waals surface area contributed by atoms with Crippen LogP contribution in [0.4, 0.5) is 0 Å². The van der Waals surface area contributed by atoms with E-state index in [0.29, 0.717) is 17.9 Å². The van der Waals surface area contributed by atoms with E-state index in [1.165, 1.54) is 6.92 Å². The number of ether oxygens (including phenoxy) is 1. The van der Waals surface area contributed by atoms with Crippen molar-refractivity contribution in [3.05, 3.63) is 29.8 Å². The van der Waals surface area contributed by atoms with Crippen LogP contribution in [0.25, 0.3) is 0 Å². The third-order valence-corrected chi connectivity index (χ3v) is 1.73. The van der Waals surface area contributed by atoms with Gasteiger partial charge in [-0.1, -0.05) is 18.1 Å². The Kier molecular flexibility index (Phi) is 3.75. The van der Waals surface area contributed by atoms with Crippen LogP contribution in [0.5, 0.6) is 5.75 Å². The van der Waals surface area contributed by atoms with Gasteiger partial charge in [0.25, 0.3) is 0 Å². The van der Waals surface area contributed by atoms with Gasteiger partial charge in [-0.3, -0.25) is 4.79 Å². The Morgan fingerprint density at radius 3 is 2.93 bits per heavy atom. The van der Waals surface area contributed by atoms with Crippen LogP contribution in [-0.4, -0.2) is 12.4 Å². The summed E-state index contributed by atoms with van der Waals surface area (Å²) in [6, 6.07) is 7.09. The molecule has 0 saturated heterocycles. The summed E-state index contributed by atoms with van der Waals surface area (Å²) in [7, 11) is 0. The van der Waals surface area contributed by atoms with E-state index in [9.17, 15) is 4.79 Å². The number of ketones is 1. The predicted molar refractivity (Wildman–Crippen MR) is 55.4 cm³/mol. The lowest BCUT2D eigenvalue weighted by molar-refractivity contribution is 0.101. The maximum absolute atomic E-state index is 11.0. The van der Waals surface area contributed by atoms with Crippen molar-refractivity contribution in [1.29, 1.82) is 0 Å². The number of carbonyl (C=O) groups is 1. The molecule has 0 unspecified atom stereocenters. The minimum absolute atomic E-state index is 0.0389. The summed E-state index contributed by atoms with van der Waals surface area (Å²) in [5, 5.41) is 0. The van der Waals surface area contributed by atoms with E-state index in [2.05, 4.69) is 11.8 Å². The molecule has 0 amide bonds. The molecule has 1 aromatic rings. The first-order valence-corrected chi connectivity index (χ1v) is 4.37. The third kappa shape index (κ3) is 2.95. The summed E-state index contributed by atoms with van der Waals surface area (Å²) in [6.07, 6.45) is 0. The Hall–Kier alpha value is -1.75. The van der Waals surface area contributed by atoms with Gasteiger partial charge in [0.2, 0.25) is 0 Å². The highest BCUT2D eigenvalue weighted by atomic mass is 16.5. The van der Waals surface area contributed by atoms with Crippen molar-refractivity contribution in [2.45, 2.75) is 13.8 Å². The summed E-state index contributed by atoms with van der Waals surface area (Å²) >= 11 is 0. The number of Topliss-reactive ketones (excluding diaryl/α,β-unsaturated/α-hetero) is 1. The lowest BCUT2D eigenvalue weighted by Gasteiger charge is -2.02. The molecule has 0 fully saturated rings. The van der Waals surface area contributed by atoms with Crippen LogP contribution >= 0.6 is 0 Å². The standard InChI is InChI=1S/C12H12O2/c1-3-4-8-14-12-7-5-6-11(9-12)10(2)13/h5-7,9H,8H2,1-2H3. The third-order valence-electron chi connectivity index (χ3n) is 1.73. The maximum atomic E-state index is 11.0. The average Bonchev–Trinajstić information content (AvgIpc) is 2.19. The molecule has 0 aliphatic carbocycles. The van der Waals surface area contributed by atoms with Crippen LogP contribution in [0, 0.1) is 11.8 Å². The van der Waals surface area contributed by atoms with E-state index < -0.39 is 0 Å². The van der Waals surface area contributed by atoms with Crippen molar-refractivity contribution in [3.63, 3.8) is 0 Å². The first kappa shape index (κ1) is 10.3. The van der Waals surface area contributed by atoms with Gasteiger partial charge in [0.15, 0.2) is 5.78 Å². The van der Waals surface area contributed by atoms with E-state index >= 15 is 0 Å². The van der Waals surface area contributed by atoms with Crippen LogP contribution in [0.3, 0.4) is 0 Å². The maximum Gasteiger partial charge on any atom is 0.159 e. The van der Waals surface area contributed by atoms with Gasteiger partial charge in [0.1, 0.15) is 12.4 Å². The zero-order valence-electron chi connectivity index (χ0n) is 8.33. The Morgan fingerprint density at radius 2 is 2.29 bits per heavy atom. The summed E-state index contributed by atoms with van der Waals surface area (Å²) in [6.45, 7) is 3.65. The number of rotatable bonds is 3. The summed E-state index contributed by atoms with van der Waals surface area (Å²) < 4.78 is 5.31. The number of hydrogen-bond donors (Lipinski definition) is 0. The van der Waals surface area contributed by atoms with E-state index in [4.69, 9.17) is 4.74 Å². The SMILES string of the molecule is CC#CCOc1cccc(C(C)=O)c1. The van der Waals surface area contributed by atoms with E-state index in [1.807, 2.05) is 6.07 Å². The zero-order valence-corrected chi connectivity index (χ0v) is 8.33. The fourth-order valence-corrected chi connectivity index (χ4v) is 0.996. The molecule has 0 aliphatic heterocycles. The zero-order chi connectivity index (χ0) is 10.4. The Balaban J connectivity index is 2.71. The Morgan fingerprint density at radius 1 is 1.50 bits per heavy atom. The van der Waals surface area contributed by atoms with Crippen molar-refractivity contribution in [3.8, 4) is 17.6 Å². The molecule has 14 heavy (non-hydrogen) atoms. The molecule has 0 saturated carbocycles. The fraction of sp³-hybridized carbons (Fsp3) is 0.250. The van der Waals surface area contributed by atoms with Gasteiger partial charge in [-0.15, -0.1) is 5.92 Å². The van der Waals surface area contributed by atoms with Gasteiger partial charge in [-0.2, -0.15) is 0 Å². The molecule has 72 valence electrons. The fourth-order valence-electron chi connectivity index (χ4n) is 0.996. The lowest BCUT2D eigenvalue weighted by atomic mass is 10.1. The molecule has 1 aromatic carbocycles. The Labute approximate surface area is 83.9 Å². The molecular formula is C12H12O2. The molecule has 0 aromatic heterocycles. The van der Waals surface area contributed by atoms with E-state index in [0.717, 1.165) is 0 Å². The van der Waals surface area contributed by atoms with Crippen molar-refractivity contribution in [2.24, 2.45) is 0 Å². The van der Waals surface area contributed by atoms with Crippen molar-refractivity contribution in [2.75, 3.05) is 6.61 Å².